The number of halogens is 1. The maximum atomic E-state index is 12.6. The van der Waals surface area contributed by atoms with Gasteiger partial charge in [0.25, 0.3) is 0 Å². The molecule has 2 aliphatic rings. The van der Waals surface area contributed by atoms with Gasteiger partial charge in [-0.1, -0.05) is 30.3 Å². The van der Waals surface area contributed by atoms with Crippen LogP contribution in [0, 0.1) is 11.8 Å². The third-order valence-corrected chi connectivity index (χ3v) is 5.92. The summed E-state index contributed by atoms with van der Waals surface area (Å²) in [7, 11) is 1.97. The number of likely N-dealkylation sites (tertiary alicyclic amines) is 1. The lowest BCUT2D eigenvalue weighted by Crippen LogP contribution is -2.43. The van der Waals surface area contributed by atoms with Crippen LogP contribution < -0.4 is 5.32 Å². The van der Waals surface area contributed by atoms with Crippen molar-refractivity contribution in [1.29, 1.82) is 0 Å². The fraction of sp³-hybridized carbons (Fsp3) is 0.667. The number of nitrogens with one attached hydrogen (secondary N) is 1. The van der Waals surface area contributed by atoms with Gasteiger partial charge in [-0.2, -0.15) is 0 Å². The van der Waals surface area contributed by atoms with Gasteiger partial charge in [-0.3, -0.25) is 4.79 Å². The molecule has 2 aliphatic heterocycles. The van der Waals surface area contributed by atoms with Crippen LogP contribution in [0.2, 0.25) is 0 Å². The van der Waals surface area contributed by atoms with Crippen molar-refractivity contribution in [2.45, 2.75) is 31.8 Å². The molecule has 2 heterocycles. The molecule has 2 saturated heterocycles. The number of rotatable bonds is 6. The fourth-order valence-corrected chi connectivity index (χ4v) is 4.23. The van der Waals surface area contributed by atoms with Crippen LogP contribution in [-0.4, -0.2) is 67.1 Å². The van der Waals surface area contributed by atoms with Crippen LogP contribution >= 0.6 is 12.4 Å². The minimum atomic E-state index is -0.420. The van der Waals surface area contributed by atoms with E-state index in [1.807, 2.05) is 42.3 Å². The molecule has 6 heteroatoms. The molecule has 1 aromatic rings. The van der Waals surface area contributed by atoms with Crippen molar-refractivity contribution in [3.63, 3.8) is 0 Å². The van der Waals surface area contributed by atoms with Crippen LogP contribution in [0.3, 0.4) is 0 Å². The first-order valence-electron chi connectivity index (χ1n) is 10.0. The summed E-state index contributed by atoms with van der Waals surface area (Å²) in [5.74, 6) is 1.12. The highest BCUT2D eigenvalue weighted by atomic mass is 35.5. The average Bonchev–Trinajstić information content (AvgIpc) is 2.70. The van der Waals surface area contributed by atoms with E-state index >= 15 is 0 Å². The van der Waals surface area contributed by atoms with E-state index in [1.54, 1.807) is 0 Å². The second kappa shape index (κ2) is 11.0. The van der Waals surface area contributed by atoms with Gasteiger partial charge in [0.2, 0.25) is 5.91 Å². The van der Waals surface area contributed by atoms with Crippen LogP contribution in [0.1, 0.15) is 37.4 Å². The monoisotopic (exact) mass is 395 g/mol. The molecular weight excluding hydrogens is 362 g/mol. The van der Waals surface area contributed by atoms with E-state index in [-0.39, 0.29) is 18.3 Å². The Kier molecular flexibility index (Phi) is 9.03. The van der Waals surface area contributed by atoms with Crippen molar-refractivity contribution in [3.8, 4) is 0 Å². The number of aliphatic hydroxyl groups is 1. The summed E-state index contributed by atoms with van der Waals surface area (Å²) >= 11 is 0. The minimum Gasteiger partial charge on any atom is -0.387 e. The lowest BCUT2D eigenvalue weighted by atomic mass is 9.93. The first-order chi connectivity index (χ1) is 12.6. The Balaban J connectivity index is 0.00000261. The Labute approximate surface area is 169 Å². The maximum absolute atomic E-state index is 12.6. The Hall–Kier alpha value is -1.14. The summed E-state index contributed by atoms with van der Waals surface area (Å²) in [5, 5.41) is 13.7. The first-order valence-corrected chi connectivity index (χ1v) is 10.0. The van der Waals surface area contributed by atoms with Gasteiger partial charge in [0.05, 0.1) is 6.10 Å². The van der Waals surface area contributed by atoms with Crippen LogP contribution in [0.15, 0.2) is 30.3 Å². The van der Waals surface area contributed by atoms with Gasteiger partial charge < -0.3 is 20.2 Å². The Morgan fingerprint density at radius 2 is 1.81 bits per heavy atom. The number of aliphatic hydroxyl groups excluding tert-OH is 1. The summed E-state index contributed by atoms with van der Waals surface area (Å²) in [6.45, 7) is 5.51. The van der Waals surface area contributed by atoms with Crippen molar-refractivity contribution in [3.05, 3.63) is 35.9 Å². The van der Waals surface area contributed by atoms with Gasteiger partial charge in [-0.25, -0.2) is 0 Å². The molecule has 3 rings (SSSR count). The largest absolute Gasteiger partial charge is 0.387 e. The molecule has 27 heavy (non-hydrogen) atoms. The molecule has 2 N–H and O–H groups in total. The number of nitrogens with zero attached hydrogens (tertiary/aromatic N) is 2. The molecule has 1 unspecified atom stereocenters. The average molecular weight is 396 g/mol. The highest BCUT2D eigenvalue weighted by Gasteiger charge is 2.27. The van der Waals surface area contributed by atoms with E-state index in [2.05, 4.69) is 10.2 Å². The van der Waals surface area contributed by atoms with E-state index in [1.165, 1.54) is 0 Å². The quantitative estimate of drug-likeness (QED) is 0.776. The van der Waals surface area contributed by atoms with Crippen molar-refractivity contribution < 1.29 is 9.90 Å². The highest BCUT2D eigenvalue weighted by molar-refractivity contribution is 5.85. The molecule has 1 amide bonds. The third-order valence-electron chi connectivity index (χ3n) is 5.92. The van der Waals surface area contributed by atoms with Crippen LogP contribution in [0.25, 0.3) is 0 Å². The number of hydrogen-bond donors (Lipinski definition) is 2. The molecule has 0 spiro atoms. The molecule has 2 fully saturated rings. The SMILES string of the molecule is CN(CC1CCN(CC(O)c2ccccc2)CC1)C(=O)C1CCNCC1.Cl. The van der Waals surface area contributed by atoms with E-state index in [4.69, 9.17) is 0 Å². The number of β-amino-alcohol motifs (C(OH)–C–C–N with tert-alkyl or cyclic N) is 1. The molecule has 0 saturated carbocycles. The lowest BCUT2D eigenvalue weighted by Gasteiger charge is -2.35. The zero-order chi connectivity index (χ0) is 18.4. The molecule has 152 valence electrons. The predicted molar refractivity (Wildman–Crippen MR) is 111 cm³/mol. The minimum absolute atomic E-state index is 0. The fourth-order valence-electron chi connectivity index (χ4n) is 4.23. The van der Waals surface area contributed by atoms with Crippen LogP contribution in [-0.2, 0) is 4.79 Å². The smallest absolute Gasteiger partial charge is 0.225 e. The highest BCUT2D eigenvalue weighted by Crippen LogP contribution is 2.22. The van der Waals surface area contributed by atoms with E-state index in [0.29, 0.717) is 18.4 Å². The molecule has 1 atom stereocenters. The number of benzene rings is 1. The van der Waals surface area contributed by atoms with E-state index in [9.17, 15) is 9.90 Å². The number of amides is 1. The Morgan fingerprint density at radius 3 is 2.44 bits per heavy atom. The number of carbonyl (C=O) groups excluding carboxylic acids is 1. The number of hydrogen-bond acceptors (Lipinski definition) is 4. The van der Waals surface area contributed by atoms with Gasteiger partial charge in [0, 0.05) is 26.1 Å². The van der Waals surface area contributed by atoms with Gasteiger partial charge in [-0.15, -0.1) is 12.4 Å². The van der Waals surface area contributed by atoms with Crippen molar-refractivity contribution >= 4 is 18.3 Å². The first kappa shape index (κ1) is 22.2. The second-order valence-corrected chi connectivity index (χ2v) is 7.91. The van der Waals surface area contributed by atoms with Crippen LogP contribution in [0.5, 0.6) is 0 Å². The summed E-state index contributed by atoms with van der Waals surface area (Å²) < 4.78 is 0. The molecule has 0 aromatic heterocycles. The second-order valence-electron chi connectivity index (χ2n) is 7.91. The number of carbonyl (C=O) groups is 1. The molecule has 0 aliphatic carbocycles. The molecule has 1 aromatic carbocycles. The Morgan fingerprint density at radius 1 is 1.19 bits per heavy atom. The zero-order valence-corrected chi connectivity index (χ0v) is 17.2. The third kappa shape index (κ3) is 6.46. The van der Waals surface area contributed by atoms with E-state index in [0.717, 1.165) is 64.0 Å². The molecule has 5 nitrogen and oxygen atoms in total. The maximum Gasteiger partial charge on any atom is 0.225 e. The van der Waals surface area contributed by atoms with Crippen molar-refractivity contribution in [2.24, 2.45) is 11.8 Å². The summed E-state index contributed by atoms with van der Waals surface area (Å²) in [4.78, 5) is 16.9. The van der Waals surface area contributed by atoms with Gasteiger partial charge in [0.15, 0.2) is 0 Å². The van der Waals surface area contributed by atoms with Crippen molar-refractivity contribution in [2.75, 3.05) is 46.3 Å². The molecular formula is C21H34ClN3O2. The standard InChI is InChI=1S/C21H33N3O2.ClH/c1-23(21(26)19-7-11-22-12-8-19)15-17-9-13-24(14-10-17)16-20(25)18-5-3-2-4-6-18;/h2-6,17,19-20,22,25H,7-16H2,1H3;1H. The predicted octanol–water partition coefficient (Wildman–Crippen LogP) is 2.31. The zero-order valence-electron chi connectivity index (χ0n) is 16.3. The summed E-state index contributed by atoms with van der Waals surface area (Å²) in [6, 6.07) is 9.89. The van der Waals surface area contributed by atoms with Crippen LogP contribution in [0.4, 0.5) is 0 Å². The Bertz CT molecular complexity index is 558. The van der Waals surface area contributed by atoms with Gasteiger partial charge >= 0.3 is 0 Å². The molecule has 0 radical (unpaired) electrons. The normalized spacial score (nSPS) is 20.7. The summed E-state index contributed by atoms with van der Waals surface area (Å²) in [6.07, 6.45) is 3.73. The molecule has 0 bridgehead atoms. The topological polar surface area (TPSA) is 55.8 Å². The lowest BCUT2D eigenvalue weighted by molar-refractivity contribution is -0.135. The van der Waals surface area contributed by atoms with Crippen molar-refractivity contribution in [1.82, 2.24) is 15.1 Å². The summed E-state index contributed by atoms with van der Waals surface area (Å²) in [5.41, 5.74) is 0.988. The van der Waals surface area contributed by atoms with Gasteiger partial charge in [0.1, 0.15) is 0 Å². The number of piperidine rings is 2. The van der Waals surface area contributed by atoms with E-state index < -0.39 is 6.10 Å². The van der Waals surface area contributed by atoms with Gasteiger partial charge in [-0.05, 0) is 63.3 Å².